The maximum absolute atomic E-state index is 8.92. The molecular weight excluding hydrogens is 248 g/mol. The first-order valence-electron chi connectivity index (χ1n) is 6.75. The molecule has 1 N–H and O–H groups in total. The number of hydrogen-bond donors (Lipinski definition) is 1. The number of ether oxygens (including phenoxy) is 1. The second-order valence-corrected chi connectivity index (χ2v) is 4.96. The minimum absolute atomic E-state index is 0.214. The summed E-state index contributed by atoms with van der Waals surface area (Å²) in [6, 6.07) is 18.4. The maximum atomic E-state index is 8.92. The Balaban J connectivity index is 1.72. The summed E-state index contributed by atoms with van der Waals surface area (Å²) in [5.41, 5.74) is 4.38. The van der Waals surface area contributed by atoms with E-state index in [0.29, 0.717) is 18.8 Å². The zero-order valence-corrected chi connectivity index (χ0v) is 11.2. The molecular formula is C17H16N2O. The smallest absolute Gasteiger partial charge is 0.0991 e. The highest BCUT2D eigenvalue weighted by Gasteiger charge is 2.19. The Morgan fingerprint density at radius 3 is 3.00 bits per heavy atom. The molecule has 3 nitrogen and oxygen atoms in total. The summed E-state index contributed by atoms with van der Waals surface area (Å²) in [6.07, 6.45) is 0. The van der Waals surface area contributed by atoms with Crippen LogP contribution in [-0.2, 0) is 17.9 Å². The molecule has 2 aromatic carbocycles. The normalized spacial score (nSPS) is 17.2. The molecule has 1 aliphatic heterocycles. The molecule has 0 aliphatic carbocycles. The number of benzene rings is 2. The zero-order valence-electron chi connectivity index (χ0n) is 11.2. The van der Waals surface area contributed by atoms with Crippen LogP contribution in [0.4, 0.5) is 0 Å². The first kappa shape index (κ1) is 12.9. The number of fused-ring (bicyclic) bond motifs is 1. The highest BCUT2D eigenvalue weighted by Crippen LogP contribution is 2.24. The van der Waals surface area contributed by atoms with Gasteiger partial charge in [0.05, 0.1) is 30.9 Å². The van der Waals surface area contributed by atoms with Gasteiger partial charge in [-0.25, -0.2) is 0 Å². The molecule has 1 aliphatic rings. The van der Waals surface area contributed by atoms with E-state index in [0.717, 1.165) is 12.1 Å². The third kappa shape index (κ3) is 2.72. The maximum Gasteiger partial charge on any atom is 0.0991 e. The number of nitriles is 1. The lowest BCUT2D eigenvalue weighted by Gasteiger charge is -2.26. The fraction of sp³-hybridized carbons (Fsp3) is 0.235. The molecule has 3 heteroatoms. The quantitative estimate of drug-likeness (QED) is 0.927. The van der Waals surface area contributed by atoms with Crippen molar-refractivity contribution in [1.29, 1.82) is 5.26 Å². The highest BCUT2D eigenvalue weighted by atomic mass is 16.5. The fourth-order valence-corrected chi connectivity index (χ4v) is 2.54. The van der Waals surface area contributed by atoms with Crippen LogP contribution in [-0.4, -0.2) is 6.61 Å². The van der Waals surface area contributed by atoms with Gasteiger partial charge in [-0.2, -0.15) is 5.26 Å². The minimum atomic E-state index is 0.214. The molecule has 0 bridgehead atoms. The summed E-state index contributed by atoms with van der Waals surface area (Å²) in [5, 5.41) is 12.4. The molecule has 0 spiro atoms. The average molecular weight is 264 g/mol. The Morgan fingerprint density at radius 2 is 2.10 bits per heavy atom. The standard InChI is InChI=1S/C17H16N2O/c18-9-13-4-3-5-14(8-13)10-19-17-12-20-11-15-6-1-2-7-16(15)17/h1-8,17,19H,10-12H2. The van der Waals surface area contributed by atoms with Gasteiger partial charge in [0.15, 0.2) is 0 Å². The number of rotatable bonds is 3. The first-order valence-corrected chi connectivity index (χ1v) is 6.75. The molecule has 0 amide bonds. The van der Waals surface area contributed by atoms with Crippen molar-refractivity contribution in [2.75, 3.05) is 6.61 Å². The molecule has 1 atom stereocenters. The van der Waals surface area contributed by atoms with E-state index in [4.69, 9.17) is 10.00 Å². The molecule has 100 valence electrons. The van der Waals surface area contributed by atoms with Crippen LogP contribution < -0.4 is 5.32 Å². The molecule has 0 aromatic heterocycles. The third-order valence-corrected chi connectivity index (χ3v) is 3.58. The Morgan fingerprint density at radius 1 is 1.20 bits per heavy atom. The van der Waals surface area contributed by atoms with Gasteiger partial charge in [-0.05, 0) is 28.8 Å². The van der Waals surface area contributed by atoms with E-state index in [1.807, 2.05) is 30.3 Å². The molecule has 2 aromatic rings. The third-order valence-electron chi connectivity index (χ3n) is 3.58. The summed E-state index contributed by atoms with van der Waals surface area (Å²) in [5.74, 6) is 0. The lowest BCUT2D eigenvalue weighted by atomic mass is 9.99. The van der Waals surface area contributed by atoms with Gasteiger partial charge in [-0.3, -0.25) is 0 Å². The SMILES string of the molecule is N#Cc1cccc(CNC2COCc3ccccc32)c1. The van der Waals surface area contributed by atoms with Crippen molar-refractivity contribution in [2.45, 2.75) is 19.2 Å². The summed E-state index contributed by atoms with van der Waals surface area (Å²) >= 11 is 0. The van der Waals surface area contributed by atoms with Crippen LogP contribution in [0.5, 0.6) is 0 Å². The zero-order chi connectivity index (χ0) is 13.8. The Labute approximate surface area is 118 Å². The van der Waals surface area contributed by atoms with Gasteiger partial charge < -0.3 is 10.1 Å². The van der Waals surface area contributed by atoms with Crippen LogP contribution >= 0.6 is 0 Å². The topological polar surface area (TPSA) is 45.0 Å². The highest BCUT2D eigenvalue weighted by molar-refractivity contribution is 5.34. The van der Waals surface area contributed by atoms with Gasteiger partial charge in [-0.15, -0.1) is 0 Å². The Kier molecular flexibility index (Phi) is 3.78. The van der Waals surface area contributed by atoms with Gasteiger partial charge in [0.25, 0.3) is 0 Å². The van der Waals surface area contributed by atoms with Crippen LogP contribution in [0, 0.1) is 11.3 Å². The van der Waals surface area contributed by atoms with Gasteiger partial charge in [-0.1, -0.05) is 36.4 Å². The minimum Gasteiger partial charge on any atom is -0.375 e. The second kappa shape index (κ2) is 5.87. The van der Waals surface area contributed by atoms with Gasteiger partial charge in [0, 0.05) is 6.54 Å². The first-order chi connectivity index (χ1) is 9.86. The molecule has 0 saturated carbocycles. The van der Waals surface area contributed by atoms with E-state index in [1.54, 1.807) is 0 Å². The van der Waals surface area contributed by atoms with Crippen molar-refractivity contribution >= 4 is 0 Å². The van der Waals surface area contributed by atoms with E-state index in [1.165, 1.54) is 11.1 Å². The van der Waals surface area contributed by atoms with Crippen LogP contribution in [0.1, 0.15) is 28.3 Å². The van der Waals surface area contributed by atoms with Crippen molar-refractivity contribution in [3.8, 4) is 6.07 Å². The van der Waals surface area contributed by atoms with Crippen LogP contribution in [0.25, 0.3) is 0 Å². The molecule has 3 rings (SSSR count). The van der Waals surface area contributed by atoms with E-state index in [-0.39, 0.29) is 6.04 Å². The van der Waals surface area contributed by atoms with Crippen molar-refractivity contribution in [2.24, 2.45) is 0 Å². The Bertz CT molecular complexity index is 645. The van der Waals surface area contributed by atoms with Gasteiger partial charge in [0.2, 0.25) is 0 Å². The molecule has 0 saturated heterocycles. The predicted octanol–water partition coefficient (Wildman–Crippen LogP) is 2.92. The number of hydrogen-bond acceptors (Lipinski definition) is 3. The number of nitrogens with one attached hydrogen (secondary N) is 1. The predicted molar refractivity (Wildman–Crippen MR) is 76.8 cm³/mol. The fourth-order valence-electron chi connectivity index (χ4n) is 2.54. The monoisotopic (exact) mass is 264 g/mol. The molecule has 20 heavy (non-hydrogen) atoms. The largest absolute Gasteiger partial charge is 0.375 e. The average Bonchev–Trinajstić information content (AvgIpc) is 2.53. The van der Waals surface area contributed by atoms with Gasteiger partial charge >= 0.3 is 0 Å². The van der Waals surface area contributed by atoms with Crippen molar-refractivity contribution in [3.63, 3.8) is 0 Å². The second-order valence-electron chi connectivity index (χ2n) is 4.96. The van der Waals surface area contributed by atoms with E-state index >= 15 is 0 Å². The van der Waals surface area contributed by atoms with E-state index in [9.17, 15) is 0 Å². The molecule has 0 fully saturated rings. The van der Waals surface area contributed by atoms with Gasteiger partial charge in [0.1, 0.15) is 0 Å². The van der Waals surface area contributed by atoms with E-state index < -0.39 is 0 Å². The summed E-state index contributed by atoms with van der Waals surface area (Å²) in [7, 11) is 0. The van der Waals surface area contributed by atoms with Crippen molar-refractivity contribution < 1.29 is 4.74 Å². The summed E-state index contributed by atoms with van der Waals surface area (Å²) in [6.45, 7) is 2.12. The Hall–Kier alpha value is -2.15. The lowest BCUT2D eigenvalue weighted by Crippen LogP contribution is -2.29. The summed E-state index contributed by atoms with van der Waals surface area (Å²) < 4.78 is 5.63. The molecule has 1 heterocycles. The van der Waals surface area contributed by atoms with E-state index in [2.05, 4.69) is 29.6 Å². The van der Waals surface area contributed by atoms with Crippen molar-refractivity contribution in [1.82, 2.24) is 5.32 Å². The van der Waals surface area contributed by atoms with Crippen LogP contribution in [0.15, 0.2) is 48.5 Å². The molecule has 0 radical (unpaired) electrons. The summed E-state index contributed by atoms with van der Waals surface area (Å²) in [4.78, 5) is 0. The number of nitrogens with zero attached hydrogens (tertiary/aromatic N) is 1. The lowest BCUT2D eigenvalue weighted by molar-refractivity contribution is 0.0817. The van der Waals surface area contributed by atoms with Crippen molar-refractivity contribution in [3.05, 3.63) is 70.8 Å². The van der Waals surface area contributed by atoms with Crippen LogP contribution in [0.2, 0.25) is 0 Å². The molecule has 1 unspecified atom stereocenters. The van der Waals surface area contributed by atoms with Crippen LogP contribution in [0.3, 0.4) is 0 Å².